The van der Waals surface area contributed by atoms with Crippen LogP contribution in [0.25, 0.3) is 0 Å². The third kappa shape index (κ3) is 4.53. The van der Waals surface area contributed by atoms with Crippen molar-refractivity contribution in [3.05, 3.63) is 54.0 Å². The SMILES string of the molecule is O=S(=O)(c1ccc(NCCc2cccc(F)c2)[nH+]c1)N1CCOCC1. The molecule has 2 N–H and O–H groups in total. The number of ether oxygens (including phenoxy) is 1. The highest BCUT2D eigenvalue weighted by Crippen LogP contribution is 2.16. The third-order valence-corrected chi connectivity index (χ3v) is 5.90. The van der Waals surface area contributed by atoms with E-state index < -0.39 is 10.0 Å². The molecule has 2 aromatic rings. The summed E-state index contributed by atoms with van der Waals surface area (Å²) in [6.07, 6.45) is 2.15. The van der Waals surface area contributed by atoms with Crippen molar-refractivity contribution >= 4 is 15.8 Å². The number of hydrogen-bond acceptors (Lipinski definition) is 4. The number of morpholine rings is 1. The minimum atomic E-state index is -3.49. The van der Waals surface area contributed by atoms with Crippen molar-refractivity contribution in [1.29, 1.82) is 0 Å². The van der Waals surface area contributed by atoms with Crippen LogP contribution in [-0.2, 0) is 21.2 Å². The first-order valence-electron chi connectivity index (χ1n) is 8.14. The van der Waals surface area contributed by atoms with Gasteiger partial charge in [0.1, 0.15) is 16.9 Å². The van der Waals surface area contributed by atoms with Gasteiger partial charge in [0.25, 0.3) is 5.82 Å². The molecule has 0 saturated carbocycles. The van der Waals surface area contributed by atoms with Crippen molar-refractivity contribution in [2.45, 2.75) is 11.3 Å². The quantitative estimate of drug-likeness (QED) is 0.837. The van der Waals surface area contributed by atoms with E-state index in [1.165, 1.54) is 22.6 Å². The van der Waals surface area contributed by atoms with Gasteiger partial charge in [-0.25, -0.2) is 17.8 Å². The van der Waals surface area contributed by atoms with E-state index in [0.29, 0.717) is 45.1 Å². The van der Waals surface area contributed by atoms with Crippen LogP contribution in [0.2, 0.25) is 0 Å². The highest BCUT2D eigenvalue weighted by molar-refractivity contribution is 7.89. The normalized spacial score (nSPS) is 15.9. The van der Waals surface area contributed by atoms with Crippen LogP contribution < -0.4 is 10.3 Å². The summed E-state index contributed by atoms with van der Waals surface area (Å²) in [5.74, 6) is 0.457. The van der Waals surface area contributed by atoms with Crippen LogP contribution in [0.3, 0.4) is 0 Å². The maximum atomic E-state index is 13.1. The average molecular weight is 366 g/mol. The van der Waals surface area contributed by atoms with Crippen molar-refractivity contribution in [3.63, 3.8) is 0 Å². The second-order valence-corrected chi connectivity index (χ2v) is 7.70. The topological polar surface area (TPSA) is 72.8 Å². The fraction of sp³-hybridized carbons (Fsp3) is 0.353. The van der Waals surface area contributed by atoms with Gasteiger partial charge in [-0.2, -0.15) is 4.31 Å². The van der Waals surface area contributed by atoms with Crippen molar-refractivity contribution in [2.75, 3.05) is 38.2 Å². The fourth-order valence-electron chi connectivity index (χ4n) is 2.65. The minimum absolute atomic E-state index is 0.227. The van der Waals surface area contributed by atoms with E-state index in [2.05, 4.69) is 10.3 Å². The van der Waals surface area contributed by atoms with Crippen molar-refractivity contribution in [3.8, 4) is 0 Å². The second kappa shape index (κ2) is 7.90. The van der Waals surface area contributed by atoms with Gasteiger partial charge in [-0.05, 0) is 23.8 Å². The standard InChI is InChI=1S/C17H20FN3O3S/c18-15-3-1-2-14(12-15)6-7-19-17-5-4-16(13-20-17)25(22,23)21-8-10-24-11-9-21/h1-5,12-13H,6-11H2,(H,19,20)/p+1. The van der Waals surface area contributed by atoms with E-state index in [4.69, 9.17) is 4.74 Å². The predicted octanol–water partition coefficient (Wildman–Crippen LogP) is 1.32. The molecule has 2 heterocycles. The summed E-state index contributed by atoms with van der Waals surface area (Å²) in [5, 5.41) is 3.16. The summed E-state index contributed by atoms with van der Waals surface area (Å²) in [5.41, 5.74) is 0.902. The monoisotopic (exact) mass is 366 g/mol. The van der Waals surface area contributed by atoms with Crippen LogP contribution in [0, 0.1) is 5.82 Å². The zero-order valence-corrected chi connectivity index (χ0v) is 14.6. The molecule has 3 rings (SSSR count). The molecule has 0 unspecified atom stereocenters. The first-order chi connectivity index (χ1) is 12.1. The van der Waals surface area contributed by atoms with Gasteiger partial charge in [0.15, 0.2) is 0 Å². The number of aromatic amines is 1. The molecule has 1 saturated heterocycles. The summed E-state index contributed by atoms with van der Waals surface area (Å²) in [6, 6.07) is 9.74. The summed E-state index contributed by atoms with van der Waals surface area (Å²) >= 11 is 0. The van der Waals surface area contributed by atoms with Crippen LogP contribution in [0.15, 0.2) is 47.5 Å². The minimum Gasteiger partial charge on any atom is -0.379 e. The number of nitrogens with zero attached hydrogens (tertiary/aromatic N) is 1. The van der Waals surface area contributed by atoms with Crippen LogP contribution >= 0.6 is 0 Å². The molecule has 1 aromatic heterocycles. The predicted molar refractivity (Wildman–Crippen MR) is 91.2 cm³/mol. The molecule has 8 heteroatoms. The van der Waals surface area contributed by atoms with E-state index in [9.17, 15) is 12.8 Å². The number of pyridine rings is 1. The number of hydrogen-bond donors (Lipinski definition) is 1. The van der Waals surface area contributed by atoms with Gasteiger partial charge >= 0.3 is 0 Å². The lowest BCUT2D eigenvalue weighted by molar-refractivity contribution is -0.364. The van der Waals surface area contributed by atoms with Gasteiger partial charge in [-0.15, -0.1) is 0 Å². The van der Waals surface area contributed by atoms with Crippen molar-refractivity contribution < 1.29 is 22.5 Å². The molecular formula is C17H21FN3O3S+. The van der Waals surface area contributed by atoms with Crippen LogP contribution in [0.1, 0.15) is 5.56 Å². The van der Waals surface area contributed by atoms with Gasteiger partial charge in [0.2, 0.25) is 10.0 Å². The lowest BCUT2D eigenvalue weighted by Crippen LogP contribution is -2.40. The number of anilines is 1. The molecule has 0 amide bonds. The summed E-state index contributed by atoms with van der Waals surface area (Å²) in [6.45, 7) is 2.19. The van der Waals surface area contributed by atoms with Crippen molar-refractivity contribution in [2.24, 2.45) is 0 Å². The van der Waals surface area contributed by atoms with Gasteiger partial charge < -0.3 is 4.74 Å². The number of benzene rings is 1. The molecule has 0 spiro atoms. The van der Waals surface area contributed by atoms with Gasteiger partial charge in [-0.1, -0.05) is 12.1 Å². The first kappa shape index (κ1) is 17.8. The largest absolute Gasteiger partial charge is 0.379 e. The van der Waals surface area contributed by atoms with Gasteiger partial charge in [0.05, 0.1) is 19.8 Å². The number of rotatable bonds is 6. The molecule has 0 bridgehead atoms. The molecule has 134 valence electrons. The number of aromatic nitrogens is 1. The van der Waals surface area contributed by atoms with Gasteiger partial charge in [-0.3, -0.25) is 5.32 Å². The molecule has 0 aliphatic carbocycles. The summed E-state index contributed by atoms with van der Waals surface area (Å²) in [4.78, 5) is 3.18. The smallest absolute Gasteiger partial charge is 0.272 e. The Morgan fingerprint density at radius 3 is 2.68 bits per heavy atom. The van der Waals surface area contributed by atoms with E-state index in [0.717, 1.165) is 5.56 Å². The maximum Gasteiger partial charge on any atom is 0.272 e. The highest BCUT2D eigenvalue weighted by Gasteiger charge is 2.27. The van der Waals surface area contributed by atoms with E-state index in [1.54, 1.807) is 18.2 Å². The molecule has 25 heavy (non-hydrogen) atoms. The zero-order chi connectivity index (χ0) is 17.7. The first-order valence-corrected chi connectivity index (χ1v) is 9.58. The lowest BCUT2D eigenvalue weighted by Gasteiger charge is -2.25. The van der Waals surface area contributed by atoms with E-state index in [-0.39, 0.29) is 10.7 Å². The second-order valence-electron chi connectivity index (χ2n) is 5.76. The molecule has 1 aliphatic heterocycles. The Hall–Kier alpha value is -2.03. The van der Waals surface area contributed by atoms with Crippen molar-refractivity contribution in [1.82, 2.24) is 4.31 Å². The Kier molecular flexibility index (Phi) is 5.62. The number of H-pyrrole nitrogens is 1. The highest BCUT2D eigenvalue weighted by atomic mass is 32.2. The molecule has 1 fully saturated rings. The fourth-order valence-corrected chi connectivity index (χ4v) is 4.03. The van der Waals surface area contributed by atoms with E-state index >= 15 is 0 Å². The molecule has 1 aliphatic rings. The zero-order valence-electron chi connectivity index (χ0n) is 13.7. The number of halogens is 1. The lowest BCUT2D eigenvalue weighted by atomic mass is 10.1. The summed E-state index contributed by atoms with van der Waals surface area (Å²) in [7, 11) is -3.49. The molecule has 1 aromatic carbocycles. The summed E-state index contributed by atoms with van der Waals surface area (Å²) < 4.78 is 44.8. The Labute approximate surface area is 146 Å². The third-order valence-electron chi connectivity index (χ3n) is 4.01. The molecular weight excluding hydrogens is 345 g/mol. The number of sulfonamides is 1. The molecule has 0 atom stereocenters. The number of nitrogens with one attached hydrogen (secondary N) is 2. The van der Waals surface area contributed by atoms with Gasteiger partial charge in [0, 0.05) is 25.6 Å². The average Bonchev–Trinajstić information content (AvgIpc) is 2.63. The maximum absolute atomic E-state index is 13.1. The Bertz CT molecular complexity index is 806. The van der Waals surface area contributed by atoms with Crippen LogP contribution in [0.4, 0.5) is 10.2 Å². The van der Waals surface area contributed by atoms with Crippen LogP contribution in [0.5, 0.6) is 0 Å². The Morgan fingerprint density at radius 1 is 1.20 bits per heavy atom. The van der Waals surface area contributed by atoms with Crippen LogP contribution in [-0.4, -0.2) is 45.6 Å². The Morgan fingerprint density at radius 2 is 2.00 bits per heavy atom. The Balaban J connectivity index is 1.58. The van der Waals surface area contributed by atoms with E-state index in [1.807, 2.05) is 6.07 Å². The molecule has 6 nitrogen and oxygen atoms in total. The molecule has 0 radical (unpaired) electrons.